The molecule has 1 atom stereocenters. The number of hydrogen-bond donors (Lipinski definition) is 1. The molecule has 0 fully saturated rings. The highest BCUT2D eigenvalue weighted by Gasteiger charge is 2.22. The van der Waals surface area contributed by atoms with Gasteiger partial charge in [0.1, 0.15) is 0 Å². The molecule has 0 aliphatic heterocycles. The molecule has 1 unspecified atom stereocenters. The monoisotopic (exact) mass is 303 g/mol. The normalized spacial score (nSPS) is 12.8. The van der Waals surface area contributed by atoms with Crippen molar-refractivity contribution in [2.45, 2.75) is 13.0 Å². The molecule has 0 saturated heterocycles. The van der Waals surface area contributed by atoms with Crippen LogP contribution in [-0.4, -0.2) is 7.05 Å². The lowest BCUT2D eigenvalue weighted by molar-refractivity contribution is 0.483. The number of halogens is 2. The molecule has 2 aromatic carbocycles. The second kappa shape index (κ2) is 5.54. The summed E-state index contributed by atoms with van der Waals surface area (Å²) in [5.41, 5.74) is 1.63. The standard InChI is InChI=1S/C17H15F2NS/c1-10-7-8-12(16(19)15(10)18)17(20-2)13-9-21-14-6-4-3-5-11(13)14/h3-9,17,20H,1-2H3. The van der Waals surface area contributed by atoms with Gasteiger partial charge in [-0.15, -0.1) is 11.3 Å². The predicted octanol–water partition coefficient (Wildman–Crippen LogP) is 4.80. The first kappa shape index (κ1) is 14.2. The Morgan fingerprint density at radius 1 is 1.00 bits per heavy atom. The molecule has 1 nitrogen and oxygen atoms in total. The van der Waals surface area contributed by atoms with Gasteiger partial charge in [0.05, 0.1) is 6.04 Å². The van der Waals surface area contributed by atoms with Crippen LogP contribution in [0.25, 0.3) is 10.1 Å². The van der Waals surface area contributed by atoms with E-state index in [1.54, 1.807) is 37.4 Å². The maximum Gasteiger partial charge on any atom is 0.164 e. The number of thiophene rings is 1. The summed E-state index contributed by atoms with van der Waals surface area (Å²) in [6.07, 6.45) is 0. The van der Waals surface area contributed by atoms with E-state index in [0.717, 1.165) is 15.6 Å². The SMILES string of the molecule is CNC(c1ccc(C)c(F)c1F)c1csc2ccccc12. The van der Waals surface area contributed by atoms with Gasteiger partial charge >= 0.3 is 0 Å². The van der Waals surface area contributed by atoms with Crippen LogP contribution in [0.4, 0.5) is 8.78 Å². The molecule has 0 saturated carbocycles. The van der Waals surface area contributed by atoms with Crippen molar-refractivity contribution >= 4 is 21.4 Å². The smallest absolute Gasteiger partial charge is 0.164 e. The van der Waals surface area contributed by atoms with E-state index >= 15 is 0 Å². The number of rotatable bonds is 3. The number of nitrogens with one attached hydrogen (secondary N) is 1. The number of benzene rings is 2. The summed E-state index contributed by atoms with van der Waals surface area (Å²) in [6.45, 7) is 1.57. The van der Waals surface area contributed by atoms with Crippen molar-refractivity contribution in [2.24, 2.45) is 0 Å². The Morgan fingerprint density at radius 3 is 2.52 bits per heavy atom. The van der Waals surface area contributed by atoms with Crippen molar-refractivity contribution in [2.75, 3.05) is 7.05 Å². The molecule has 108 valence electrons. The van der Waals surface area contributed by atoms with Crippen molar-refractivity contribution in [3.05, 3.63) is 70.1 Å². The zero-order valence-electron chi connectivity index (χ0n) is 11.8. The Bertz CT molecular complexity index is 795. The van der Waals surface area contributed by atoms with Crippen LogP contribution < -0.4 is 5.32 Å². The van der Waals surface area contributed by atoms with Gasteiger partial charge < -0.3 is 5.32 Å². The Hall–Kier alpha value is -1.78. The molecule has 1 aromatic heterocycles. The van der Waals surface area contributed by atoms with E-state index in [-0.39, 0.29) is 6.04 Å². The first-order valence-corrected chi connectivity index (χ1v) is 7.59. The van der Waals surface area contributed by atoms with Crippen LogP contribution in [0.15, 0.2) is 41.8 Å². The zero-order chi connectivity index (χ0) is 15.0. The van der Waals surface area contributed by atoms with Gasteiger partial charge in [-0.2, -0.15) is 0 Å². The lowest BCUT2D eigenvalue weighted by Crippen LogP contribution is -2.19. The van der Waals surface area contributed by atoms with Crippen LogP contribution in [0.5, 0.6) is 0 Å². The van der Waals surface area contributed by atoms with Gasteiger partial charge in [0.15, 0.2) is 11.6 Å². The fourth-order valence-electron chi connectivity index (χ4n) is 2.58. The van der Waals surface area contributed by atoms with Crippen LogP contribution in [0.2, 0.25) is 0 Å². The van der Waals surface area contributed by atoms with Gasteiger partial charge in [-0.3, -0.25) is 0 Å². The summed E-state index contributed by atoms with van der Waals surface area (Å²) in [7, 11) is 1.76. The summed E-state index contributed by atoms with van der Waals surface area (Å²) in [6, 6.07) is 10.9. The molecule has 1 heterocycles. The first-order valence-electron chi connectivity index (χ1n) is 6.71. The highest BCUT2D eigenvalue weighted by molar-refractivity contribution is 7.17. The van der Waals surface area contributed by atoms with E-state index in [0.29, 0.717) is 11.1 Å². The molecule has 0 aliphatic carbocycles. The number of aryl methyl sites for hydroxylation is 1. The van der Waals surface area contributed by atoms with Gasteiger partial charge in [0.25, 0.3) is 0 Å². The predicted molar refractivity (Wildman–Crippen MR) is 83.8 cm³/mol. The highest BCUT2D eigenvalue weighted by Crippen LogP contribution is 2.34. The van der Waals surface area contributed by atoms with Crippen molar-refractivity contribution in [3.8, 4) is 0 Å². The highest BCUT2D eigenvalue weighted by atomic mass is 32.1. The fraction of sp³-hybridized carbons (Fsp3) is 0.176. The summed E-state index contributed by atoms with van der Waals surface area (Å²) >= 11 is 1.61. The third-order valence-electron chi connectivity index (χ3n) is 3.73. The molecule has 3 rings (SSSR count). The zero-order valence-corrected chi connectivity index (χ0v) is 12.6. The maximum atomic E-state index is 14.3. The molecular formula is C17H15F2NS. The molecule has 3 aromatic rings. The van der Waals surface area contributed by atoms with Gasteiger partial charge in [0.2, 0.25) is 0 Å². The van der Waals surface area contributed by atoms with Gasteiger partial charge in [-0.05, 0) is 41.9 Å². The quantitative estimate of drug-likeness (QED) is 0.733. The average Bonchev–Trinajstić information content (AvgIpc) is 2.92. The summed E-state index contributed by atoms with van der Waals surface area (Å²) in [4.78, 5) is 0. The largest absolute Gasteiger partial charge is 0.309 e. The summed E-state index contributed by atoms with van der Waals surface area (Å²) < 4.78 is 29.3. The van der Waals surface area contributed by atoms with Gasteiger partial charge in [0, 0.05) is 10.3 Å². The Labute approximate surface area is 126 Å². The van der Waals surface area contributed by atoms with E-state index in [4.69, 9.17) is 0 Å². The number of fused-ring (bicyclic) bond motifs is 1. The van der Waals surface area contributed by atoms with Crippen LogP contribution in [0.3, 0.4) is 0 Å². The summed E-state index contributed by atoms with van der Waals surface area (Å²) in [5.74, 6) is -1.54. The summed E-state index contributed by atoms with van der Waals surface area (Å²) in [5, 5.41) is 6.17. The average molecular weight is 303 g/mol. The molecule has 0 bridgehead atoms. The third kappa shape index (κ3) is 2.34. The minimum absolute atomic E-state index is 0.321. The maximum absolute atomic E-state index is 14.3. The molecular weight excluding hydrogens is 288 g/mol. The van der Waals surface area contributed by atoms with Crippen LogP contribution in [0, 0.1) is 18.6 Å². The molecule has 0 amide bonds. The molecule has 4 heteroatoms. The fourth-order valence-corrected chi connectivity index (χ4v) is 3.57. The van der Waals surface area contributed by atoms with E-state index in [1.807, 2.05) is 29.6 Å². The van der Waals surface area contributed by atoms with E-state index in [9.17, 15) is 8.78 Å². The van der Waals surface area contributed by atoms with Crippen LogP contribution >= 0.6 is 11.3 Å². The minimum Gasteiger partial charge on any atom is -0.309 e. The second-order valence-electron chi connectivity index (χ2n) is 5.01. The molecule has 0 aliphatic rings. The Kier molecular flexibility index (Phi) is 3.74. The number of hydrogen-bond acceptors (Lipinski definition) is 2. The lowest BCUT2D eigenvalue weighted by Gasteiger charge is -2.18. The molecule has 0 radical (unpaired) electrons. The third-order valence-corrected chi connectivity index (χ3v) is 4.71. The minimum atomic E-state index is -0.773. The lowest BCUT2D eigenvalue weighted by atomic mass is 9.96. The second-order valence-corrected chi connectivity index (χ2v) is 5.92. The van der Waals surface area contributed by atoms with Gasteiger partial charge in [-0.25, -0.2) is 8.78 Å². The van der Waals surface area contributed by atoms with Gasteiger partial charge in [-0.1, -0.05) is 30.3 Å². The molecule has 21 heavy (non-hydrogen) atoms. The Balaban J connectivity index is 2.17. The first-order chi connectivity index (χ1) is 10.1. The van der Waals surface area contributed by atoms with Crippen molar-refractivity contribution in [1.82, 2.24) is 5.32 Å². The van der Waals surface area contributed by atoms with Crippen molar-refractivity contribution in [1.29, 1.82) is 0 Å². The topological polar surface area (TPSA) is 12.0 Å². The Morgan fingerprint density at radius 2 is 1.76 bits per heavy atom. The van der Waals surface area contributed by atoms with E-state index in [2.05, 4.69) is 5.32 Å². The molecule has 0 spiro atoms. The molecule has 1 N–H and O–H groups in total. The van der Waals surface area contributed by atoms with Crippen molar-refractivity contribution in [3.63, 3.8) is 0 Å². The van der Waals surface area contributed by atoms with E-state index < -0.39 is 11.6 Å². The van der Waals surface area contributed by atoms with Crippen LogP contribution in [0.1, 0.15) is 22.7 Å². The van der Waals surface area contributed by atoms with E-state index in [1.165, 1.54) is 0 Å². The van der Waals surface area contributed by atoms with Crippen LogP contribution in [-0.2, 0) is 0 Å². The van der Waals surface area contributed by atoms with Crippen molar-refractivity contribution < 1.29 is 8.78 Å².